The zero-order valence-corrected chi connectivity index (χ0v) is 17.3. The minimum absolute atomic E-state index is 0.138. The summed E-state index contributed by atoms with van der Waals surface area (Å²) in [6.45, 7) is 6.63. The maximum Gasteiger partial charge on any atom is 0.287 e. The van der Waals surface area contributed by atoms with E-state index < -0.39 is 0 Å². The molecule has 3 aromatic rings. The van der Waals surface area contributed by atoms with Crippen molar-refractivity contribution in [1.82, 2.24) is 10.2 Å². The van der Waals surface area contributed by atoms with Crippen molar-refractivity contribution in [2.24, 2.45) is 0 Å². The van der Waals surface area contributed by atoms with Crippen molar-refractivity contribution in [1.29, 1.82) is 0 Å². The highest BCUT2D eigenvalue weighted by atomic mass is 16.5. The molecule has 0 saturated carbocycles. The molecule has 2 heterocycles. The summed E-state index contributed by atoms with van der Waals surface area (Å²) in [6, 6.07) is 14.3. The SMILES string of the molecule is COc1ccc(C(CNC(=O)c2oc3ccc(C)cc3c2C)N2CCCC2)cc1. The van der Waals surface area contributed by atoms with E-state index in [1.54, 1.807) is 7.11 Å². The number of hydrogen-bond donors (Lipinski definition) is 1. The Morgan fingerprint density at radius 2 is 1.86 bits per heavy atom. The summed E-state index contributed by atoms with van der Waals surface area (Å²) in [6.07, 6.45) is 2.39. The highest BCUT2D eigenvalue weighted by Gasteiger charge is 2.25. The standard InChI is InChI=1S/C24H28N2O3/c1-16-6-11-22-20(14-16)17(2)23(29-22)24(27)25-15-21(26-12-4-5-13-26)18-7-9-19(28-3)10-8-18/h6-11,14,21H,4-5,12-13,15H2,1-3H3,(H,25,27). The van der Waals surface area contributed by atoms with E-state index in [1.165, 1.54) is 18.4 Å². The van der Waals surface area contributed by atoms with Crippen LogP contribution >= 0.6 is 0 Å². The Hall–Kier alpha value is -2.79. The molecular formula is C24H28N2O3. The van der Waals surface area contributed by atoms with Crippen LogP contribution in [0, 0.1) is 13.8 Å². The Balaban J connectivity index is 1.53. The fraction of sp³-hybridized carbons (Fsp3) is 0.375. The van der Waals surface area contributed by atoms with Gasteiger partial charge in [-0.25, -0.2) is 0 Å². The van der Waals surface area contributed by atoms with E-state index in [9.17, 15) is 4.79 Å². The molecule has 0 spiro atoms. The number of aryl methyl sites for hydroxylation is 2. The highest BCUT2D eigenvalue weighted by Crippen LogP contribution is 2.28. The van der Waals surface area contributed by atoms with Crippen molar-refractivity contribution < 1.29 is 13.9 Å². The quantitative estimate of drug-likeness (QED) is 0.665. The monoisotopic (exact) mass is 392 g/mol. The Labute approximate surface area is 171 Å². The van der Waals surface area contributed by atoms with Gasteiger partial charge in [0.25, 0.3) is 5.91 Å². The average molecular weight is 392 g/mol. The summed E-state index contributed by atoms with van der Waals surface area (Å²) >= 11 is 0. The van der Waals surface area contributed by atoms with Gasteiger partial charge in [-0.15, -0.1) is 0 Å². The lowest BCUT2D eigenvalue weighted by atomic mass is 10.0. The normalized spacial score (nSPS) is 15.6. The molecule has 0 radical (unpaired) electrons. The van der Waals surface area contributed by atoms with E-state index in [0.717, 1.165) is 40.9 Å². The van der Waals surface area contributed by atoms with Gasteiger partial charge in [0.2, 0.25) is 0 Å². The number of amides is 1. The van der Waals surface area contributed by atoms with Crippen LogP contribution in [0.5, 0.6) is 5.75 Å². The molecular weight excluding hydrogens is 364 g/mol. The molecule has 1 fully saturated rings. The molecule has 1 aliphatic rings. The Morgan fingerprint density at radius 1 is 1.14 bits per heavy atom. The maximum atomic E-state index is 12.9. The maximum absolute atomic E-state index is 12.9. The van der Waals surface area contributed by atoms with Gasteiger partial charge < -0.3 is 14.5 Å². The van der Waals surface area contributed by atoms with Gasteiger partial charge in [-0.05, 0) is 69.6 Å². The molecule has 1 N–H and O–H groups in total. The third kappa shape index (κ3) is 4.01. The number of rotatable bonds is 6. The van der Waals surface area contributed by atoms with E-state index in [0.29, 0.717) is 12.3 Å². The van der Waals surface area contributed by atoms with Crippen LogP contribution in [0.2, 0.25) is 0 Å². The number of benzene rings is 2. The number of nitrogens with one attached hydrogen (secondary N) is 1. The fourth-order valence-electron chi connectivity index (χ4n) is 4.16. The first-order chi connectivity index (χ1) is 14.1. The molecule has 29 heavy (non-hydrogen) atoms. The number of carbonyl (C=O) groups excluding carboxylic acids is 1. The molecule has 0 bridgehead atoms. The average Bonchev–Trinajstić information content (AvgIpc) is 3.37. The number of carbonyl (C=O) groups is 1. The van der Waals surface area contributed by atoms with Crippen LogP contribution in [0.4, 0.5) is 0 Å². The zero-order valence-electron chi connectivity index (χ0n) is 17.3. The smallest absolute Gasteiger partial charge is 0.287 e. The number of furan rings is 1. The van der Waals surface area contributed by atoms with Gasteiger partial charge >= 0.3 is 0 Å². The van der Waals surface area contributed by atoms with E-state index in [-0.39, 0.29) is 11.9 Å². The number of likely N-dealkylation sites (tertiary alicyclic amines) is 1. The summed E-state index contributed by atoms with van der Waals surface area (Å²) in [5, 5.41) is 4.12. The topological polar surface area (TPSA) is 54.7 Å². The summed E-state index contributed by atoms with van der Waals surface area (Å²) in [5.74, 6) is 1.08. The molecule has 5 heteroatoms. The molecule has 5 nitrogen and oxygen atoms in total. The molecule has 1 saturated heterocycles. The number of hydrogen-bond acceptors (Lipinski definition) is 4. The van der Waals surface area contributed by atoms with Crippen molar-refractivity contribution in [3.63, 3.8) is 0 Å². The Bertz CT molecular complexity index is 1000. The third-order valence-corrected chi connectivity index (χ3v) is 5.84. The molecule has 1 aromatic heterocycles. The van der Waals surface area contributed by atoms with Crippen LogP contribution in [-0.2, 0) is 0 Å². The summed E-state index contributed by atoms with van der Waals surface area (Å²) in [7, 11) is 1.67. The second-order valence-corrected chi connectivity index (χ2v) is 7.80. The van der Waals surface area contributed by atoms with Crippen molar-refractivity contribution >= 4 is 16.9 Å². The summed E-state index contributed by atoms with van der Waals surface area (Å²) < 4.78 is 11.2. The summed E-state index contributed by atoms with van der Waals surface area (Å²) in [5.41, 5.74) is 3.99. The lowest BCUT2D eigenvalue weighted by molar-refractivity contribution is 0.0911. The Kier molecular flexibility index (Phi) is 5.58. The third-order valence-electron chi connectivity index (χ3n) is 5.84. The fourth-order valence-corrected chi connectivity index (χ4v) is 4.16. The molecule has 1 aliphatic heterocycles. The van der Waals surface area contributed by atoms with Gasteiger partial charge in [-0.2, -0.15) is 0 Å². The Morgan fingerprint density at radius 3 is 2.55 bits per heavy atom. The van der Waals surface area contributed by atoms with E-state index in [4.69, 9.17) is 9.15 Å². The minimum atomic E-state index is -0.158. The van der Waals surface area contributed by atoms with Crippen molar-refractivity contribution in [3.8, 4) is 5.75 Å². The molecule has 0 aliphatic carbocycles. The van der Waals surface area contributed by atoms with Crippen LogP contribution in [0.1, 0.15) is 46.1 Å². The van der Waals surface area contributed by atoms with Crippen LogP contribution in [0.3, 0.4) is 0 Å². The number of ether oxygens (including phenoxy) is 1. The lowest BCUT2D eigenvalue weighted by Gasteiger charge is -2.28. The van der Waals surface area contributed by atoms with Crippen LogP contribution in [0.15, 0.2) is 46.9 Å². The van der Waals surface area contributed by atoms with Crippen LogP contribution in [-0.4, -0.2) is 37.6 Å². The lowest BCUT2D eigenvalue weighted by Crippen LogP contribution is -2.36. The molecule has 1 unspecified atom stereocenters. The van der Waals surface area contributed by atoms with Gasteiger partial charge in [0.1, 0.15) is 11.3 Å². The van der Waals surface area contributed by atoms with E-state index in [2.05, 4.69) is 28.4 Å². The molecule has 2 aromatic carbocycles. The van der Waals surface area contributed by atoms with Crippen molar-refractivity contribution in [3.05, 3.63) is 64.9 Å². The predicted octanol–water partition coefficient (Wildman–Crippen LogP) is 4.63. The van der Waals surface area contributed by atoms with Crippen LogP contribution < -0.4 is 10.1 Å². The zero-order chi connectivity index (χ0) is 20.4. The van der Waals surface area contributed by atoms with Crippen molar-refractivity contribution in [2.75, 3.05) is 26.7 Å². The van der Waals surface area contributed by atoms with Gasteiger partial charge in [-0.3, -0.25) is 9.69 Å². The van der Waals surface area contributed by atoms with Gasteiger partial charge in [0, 0.05) is 17.5 Å². The number of nitrogens with zero attached hydrogens (tertiary/aromatic N) is 1. The minimum Gasteiger partial charge on any atom is -0.497 e. The van der Waals surface area contributed by atoms with E-state index >= 15 is 0 Å². The van der Waals surface area contributed by atoms with Crippen molar-refractivity contribution in [2.45, 2.75) is 32.7 Å². The second kappa shape index (κ2) is 8.29. The predicted molar refractivity (Wildman–Crippen MR) is 115 cm³/mol. The molecule has 1 amide bonds. The second-order valence-electron chi connectivity index (χ2n) is 7.80. The van der Waals surface area contributed by atoms with Gasteiger partial charge in [0.05, 0.1) is 13.2 Å². The number of methoxy groups -OCH3 is 1. The van der Waals surface area contributed by atoms with E-state index in [1.807, 2.05) is 38.1 Å². The highest BCUT2D eigenvalue weighted by molar-refractivity contribution is 5.99. The molecule has 4 rings (SSSR count). The summed E-state index contributed by atoms with van der Waals surface area (Å²) in [4.78, 5) is 15.4. The largest absolute Gasteiger partial charge is 0.497 e. The first kappa shape index (κ1) is 19.5. The first-order valence-electron chi connectivity index (χ1n) is 10.2. The molecule has 1 atom stereocenters. The first-order valence-corrected chi connectivity index (χ1v) is 10.2. The van der Waals surface area contributed by atoms with Gasteiger partial charge in [0.15, 0.2) is 5.76 Å². The van der Waals surface area contributed by atoms with Gasteiger partial charge in [-0.1, -0.05) is 23.8 Å². The molecule has 152 valence electrons. The number of fused-ring (bicyclic) bond motifs is 1. The van der Waals surface area contributed by atoms with Crippen LogP contribution in [0.25, 0.3) is 11.0 Å².